The van der Waals surface area contributed by atoms with Crippen molar-refractivity contribution in [2.45, 2.75) is 26.4 Å². The van der Waals surface area contributed by atoms with Gasteiger partial charge in [0.2, 0.25) is 0 Å². The topological polar surface area (TPSA) is 29.9 Å². The van der Waals surface area contributed by atoms with Crippen LogP contribution < -0.4 is 5.32 Å². The molecule has 102 valence electrons. The first-order valence-corrected chi connectivity index (χ1v) is 6.26. The fraction of sp³-hybridized carbons (Fsp3) is 0.357. The fourth-order valence-electron chi connectivity index (χ4n) is 2.03. The Morgan fingerprint density at radius 3 is 2.63 bits per heavy atom. The summed E-state index contributed by atoms with van der Waals surface area (Å²) in [6.07, 6.45) is 2.82. The number of benzene rings is 1. The molecule has 2 rings (SSSR count). The molecule has 19 heavy (non-hydrogen) atoms. The first-order chi connectivity index (χ1) is 9.10. The summed E-state index contributed by atoms with van der Waals surface area (Å²) in [5, 5.41) is 7.49. The summed E-state index contributed by atoms with van der Waals surface area (Å²) >= 11 is 0. The lowest BCUT2D eigenvalue weighted by Gasteiger charge is -2.06. The van der Waals surface area contributed by atoms with Gasteiger partial charge in [-0.05, 0) is 12.5 Å². The Morgan fingerprint density at radius 2 is 1.95 bits per heavy atom. The number of halogens is 2. The van der Waals surface area contributed by atoms with Gasteiger partial charge in [-0.2, -0.15) is 5.10 Å². The molecule has 0 atom stereocenters. The van der Waals surface area contributed by atoms with Crippen LogP contribution in [-0.2, 0) is 26.6 Å². The molecule has 0 unspecified atom stereocenters. The van der Waals surface area contributed by atoms with E-state index in [1.165, 1.54) is 12.1 Å². The second-order valence-electron chi connectivity index (χ2n) is 4.47. The van der Waals surface area contributed by atoms with Gasteiger partial charge in [-0.25, -0.2) is 8.78 Å². The van der Waals surface area contributed by atoms with Crippen molar-refractivity contribution in [2.75, 3.05) is 0 Å². The molecule has 0 aliphatic carbocycles. The predicted octanol–water partition coefficient (Wildman–Crippen LogP) is 2.55. The molecule has 1 N–H and O–H groups in total. The van der Waals surface area contributed by atoms with Crippen molar-refractivity contribution >= 4 is 0 Å². The second-order valence-corrected chi connectivity index (χ2v) is 4.47. The van der Waals surface area contributed by atoms with Gasteiger partial charge in [-0.1, -0.05) is 13.0 Å². The summed E-state index contributed by atoms with van der Waals surface area (Å²) in [5.74, 6) is -1.07. The molecule has 1 heterocycles. The molecule has 0 aliphatic rings. The highest BCUT2D eigenvalue weighted by molar-refractivity contribution is 5.20. The normalized spacial score (nSPS) is 10.9. The van der Waals surface area contributed by atoms with Crippen molar-refractivity contribution in [1.29, 1.82) is 0 Å². The van der Waals surface area contributed by atoms with E-state index in [4.69, 9.17) is 0 Å². The van der Waals surface area contributed by atoms with Crippen LogP contribution in [0.1, 0.15) is 23.7 Å². The molecule has 0 saturated carbocycles. The van der Waals surface area contributed by atoms with Crippen molar-refractivity contribution < 1.29 is 8.78 Å². The molecule has 0 saturated heterocycles. The predicted molar refractivity (Wildman–Crippen MR) is 69.5 cm³/mol. The summed E-state index contributed by atoms with van der Waals surface area (Å²) in [6.45, 7) is 3.03. The molecule has 0 spiro atoms. The van der Waals surface area contributed by atoms with Gasteiger partial charge in [0, 0.05) is 43.5 Å². The monoisotopic (exact) mass is 265 g/mol. The Morgan fingerprint density at radius 1 is 1.21 bits per heavy atom. The van der Waals surface area contributed by atoms with Crippen molar-refractivity contribution in [3.05, 3.63) is 52.9 Å². The van der Waals surface area contributed by atoms with Crippen LogP contribution in [0.5, 0.6) is 0 Å². The average Bonchev–Trinajstić information content (AvgIpc) is 2.72. The van der Waals surface area contributed by atoms with Gasteiger partial charge in [-0.15, -0.1) is 0 Å². The molecule has 5 heteroatoms. The second kappa shape index (κ2) is 5.93. The van der Waals surface area contributed by atoms with Crippen LogP contribution in [-0.4, -0.2) is 9.78 Å². The lowest BCUT2D eigenvalue weighted by molar-refractivity contribution is 0.560. The zero-order valence-electron chi connectivity index (χ0n) is 11.1. The highest BCUT2D eigenvalue weighted by Gasteiger charge is 2.07. The number of aromatic nitrogens is 2. The lowest BCUT2D eigenvalue weighted by atomic mass is 10.2. The fourth-order valence-corrected chi connectivity index (χ4v) is 2.03. The van der Waals surface area contributed by atoms with E-state index in [1.54, 1.807) is 4.68 Å². The van der Waals surface area contributed by atoms with Crippen molar-refractivity contribution in [3.8, 4) is 0 Å². The van der Waals surface area contributed by atoms with E-state index in [-0.39, 0.29) is 0 Å². The smallest absolute Gasteiger partial charge is 0.130 e. The third-order valence-corrected chi connectivity index (χ3v) is 2.97. The molecule has 0 aliphatic heterocycles. The van der Waals surface area contributed by atoms with Gasteiger partial charge in [-0.3, -0.25) is 4.68 Å². The number of hydrogen-bond acceptors (Lipinski definition) is 2. The molecule has 1 aromatic heterocycles. The maximum absolute atomic E-state index is 13.4. The first kappa shape index (κ1) is 13.7. The maximum atomic E-state index is 13.4. The molecule has 3 nitrogen and oxygen atoms in total. The quantitative estimate of drug-likeness (QED) is 0.900. The third kappa shape index (κ3) is 3.38. The van der Waals surface area contributed by atoms with Gasteiger partial charge in [0.1, 0.15) is 11.6 Å². The molecular formula is C14H17F2N3. The molecule has 2 aromatic rings. The van der Waals surface area contributed by atoms with E-state index < -0.39 is 11.6 Å². The summed E-state index contributed by atoms with van der Waals surface area (Å²) in [6, 6.07) is 3.63. The van der Waals surface area contributed by atoms with E-state index >= 15 is 0 Å². The minimum Gasteiger partial charge on any atom is -0.308 e. The standard InChI is InChI=1S/C14H17F2N3/c1-3-14-11(9-19(2)18-14)8-17-7-10-4-5-12(15)6-13(10)16/h4-6,9,17H,3,7-8H2,1-2H3. The number of hydrogen-bond donors (Lipinski definition) is 1. The van der Waals surface area contributed by atoms with Crippen LogP contribution in [0.25, 0.3) is 0 Å². The Hall–Kier alpha value is -1.75. The number of nitrogens with zero attached hydrogens (tertiary/aromatic N) is 2. The zero-order valence-corrected chi connectivity index (χ0v) is 11.1. The Balaban J connectivity index is 1.96. The highest BCUT2D eigenvalue weighted by Crippen LogP contribution is 2.10. The molecular weight excluding hydrogens is 248 g/mol. The summed E-state index contributed by atoms with van der Waals surface area (Å²) in [7, 11) is 1.88. The lowest BCUT2D eigenvalue weighted by Crippen LogP contribution is -2.14. The summed E-state index contributed by atoms with van der Waals surface area (Å²) in [4.78, 5) is 0. The van der Waals surface area contributed by atoms with Gasteiger partial charge in [0.15, 0.2) is 0 Å². The maximum Gasteiger partial charge on any atom is 0.130 e. The molecule has 1 aromatic carbocycles. The highest BCUT2D eigenvalue weighted by atomic mass is 19.1. The Labute approximate surface area is 111 Å². The van der Waals surface area contributed by atoms with E-state index in [0.29, 0.717) is 18.7 Å². The van der Waals surface area contributed by atoms with Gasteiger partial charge >= 0.3 is 0 Å². The van der Waals surface area contributed by atoms with Crippen LogP contribution in [0.2, 0.25) is 0 Å². The number of rotatable bonds is 5. The zero-order chi connectivity index (χ0) is 13.8. The number of aryl methyl sites for hydroxylation is 2. The molecule has 0 bridgehead atoms. The van der Waals surface area contributed by atoms with Crippen LogP contribution in [0, 0.1) is 11.6 Å². The van der Waals surface area contributed by atoms with E-state index in [2.05, 4.69) is 10.4 Å². The number of nitrogens with one attached hydrogen (secondary N) is 1. The first-order valence-electron chi connectivity index (χ1n) is 6.26. The minimum absolute atomic E-state index is 0.365. The largest absolute Gasteiger partial charge is 0.308 e. The molecule has 0 amide bonds. The molecule has 0 fully saturated rings. The van der Waals surface area contributed by atoms with E-state index in [0.717, 1.165) is 23.7 Å². The Bertz CT molecular complexity index is 564. The van der Waals surface area contributed by atoms with Crippen molar-refractivity contribution in [3.63, 3.8) is 0 Å². The minimum atomic E-state index is -0.554. The van der Waals surface area contributed by atoms with Crippen molar-refractivity contribution in [1.82, 2.24) is 15.1 Å². The van der Waals surface area contributed by atoms with Crippen LogP contribution in [0.15, 0.2) is 24.4 Å². The van der Waals surface area contributed by atoms with Crippen molar-refractivity contribution in [2.24, 2.45) is 7.05 Å². The third-order valence-electron chi connectivity index (χ3n) is 2.97. The average molecular weight is 265 g/mol. The SMILES string of the molecule is CCc1nn(C)cc1CNCc1ccc(F)cc1F. The Kier molecular flexibility index (Phi) is 4.27. The van der Waals surface area contributed by atoms with Crippen LogP contribution in [0.3, 0.4) is 0 Å². The van der Waals surface area contributed by atoms with Gasteiger partial charge in [0.05, 0.1) is 5.69 Å². The molecule has 0 radical (unpaired) electrons. The summed E-state index contributed by atoms with van der Waals surface area (Å²) in [5.41, 5.74) is 2.60. The van der Waals surface area contributed by atoms with E-state index in [9.17, 15) is 8.78 Å². The van der Waals surface area contributed by atoms with Crippen LogP contribution >= 0.6 is 0 Å². The van der Waals surface area contributed by atoms with Crippen LogP contribution in [0.4, 0.5) is 8.78 Å². The van der Waals surface area contributed by atoms with Gasteiger partial charge in [0.25, 0.3) is 0 Å². The van der Waals surface area contributed by atoms with Gasteiger partial charge < -0.3 is 5.32 Å². The summed E-state index contributed by atoms with van der Waals surface area (Å²) < 4.78 is 28.0. The van der Waals surface area contributed by atoms with E-state index in [1.807, 2.05) is 20.2 Å².